The fourth-order valence-electron chi connectivity index (χ4n) is 1.82. The Labute approximate surface area is 117 Å². The third-order valence-corrected chi connectivity index (χ3v) is 3.66. The first-order valence-electron chi connectivity index (χ1n) is 6.18. The zero-order valence-electron chi connectivity index (χ0n) is 11.0. The van der Waals surface area contributed by atoms with Gasteiger partial charge in [-0.25, -0.2) is 4.98 Å². The second-order valence-corrected chi connectivity index (χ2v) is 5.02. The Morgan fingerprint density at radius 2 is 2.16 bits per heavy atom. The minimum absolute atomic E-state index is 0.0732. The zero-order valence-corrected chi connectivity index (χ0v) is 11.8. The molecule has 1 aromatic heterocycles. The van der Waals surface area contributed by atoms with E-state index in [0.29, 0.717) is 5.56 Å². The number of nitrogens with zero attached hydrogens (tertiary/aromatic N) is 1. The van der Waals surface area contributed by atoms with E-state index in [1.54, 1.807) is 24.2 Å². The number of thioether (sulfide) groups is 1. The molecule has 100 valence electrons. The van der Waals surface area contributed by atoms with Gasteiger partial charge in [-0.15, -0.1) is 11.8 Å². The van der Waals surface area contributed by atoms with Crippen molar-refractivity contribution < 1.29 is 4.79 Å². The van der Waals surface area contributed by atoms with E-state index >= 15 is 0 Å². The monoisotopic (exact) mass is 275 g/mol. The Balaban J connectivity index is 2.06. The number of rotatable bonds is 5. The molecule has 2 N–H and O–H groups in total. The SMILES string of the molecule is CCC(NC(=O)c1ccc(SC)cc1)c1ncc[nH]1. The molecule has 0 fully saturated rings. The first-order valence-corrected chi connectivity index (χ1v) is 7.41. The van der Waals surface area contributed by atoms with Gasteiger partial charge < -0.3 is 10.3 Å². The Kier molecular flexibility index (Phi) is 4.63. The molecule has 19 heavy (non-hydrogen) atoms. The smallest absolute Gasteiger partial charge is 0.251 e. The Bertz CT molecular complexity index is 522. The van der Waals surface area contributed by atoms with E-state index in [0.717, 1.165) is 17.1 Å². The van der Waals surface area contributed by atoms with Gasteiger partial charge in [0.1, 0.15) is 5.82 Å². The van der Waals surface area contributed by atoms with Gasteiger partial charge in [-0.1, -0.05) is 6.92 Å². The van der Waals surface area contributed by atoms with Crippen molar-refractivity contribution in [3.8, 4) is 0 Å². The molecule has 0 saturated heterocycles. The number of carbonyl (C=O) groups excluding carboxylic acids is 1. The lowest BCUT2D eigenvalue weighted by atomic mass is 10.1. The summed E-state index contributed by atoms with van der Waals surface area (Å²) in [6.45, 7) is 2.02. The first kappa shape index (κ1) is 13.7. The number of hydrogen-bond acceptors (Lipinski definition) is 3. The summed E-state index contributed by atoms with van der Waals surface area (Å²) in [5, 5.41) is 2.98. The van der Waals surface area contributed by atoms with Crippen LogP contribution in [0.4, 0.5) is 0 Å². The number of benzene rings is 1. The average molecular weight is 275 g/mol. The van der Waals surface area contributed by atoms with E-state index in [9.17, 15) is 4.79 Å². The number of hydrogen-bond donors (Lipinski definition) is 2. The molecule has 1 atom stereocenters. The molecule has 5 heteroatoms. The molecule has 0 spiro atoms. The van der Waals surface area contributed by atoms with E-state index in [1.807, 2.05) is 37.4 Å². The highest BCUT2D eigenvalue weighted by molar-refractivity contribution is 7.98. The van der Waals surface area contributed by atoms with Gasteiger partial charge in [-0.05, 0) is 36.9 Å². The standard InChI is InChI=1S/C14H17N3OS/c1-3-12(13-15-8-9-16-13)17-14(18)10-4-6-11(19-2)7-5-10/h4-9,12H,3H2,1-2H3,(H,15,16)(H,17,18). The van der Waals surface area contributed by atoms with E-state index in [2.05, 4.69) is 15.3 Å². The van der Waals surface area contributed by atoms with Gasteiger partial charge in [0.15, 0.2) is 0 Å². The third kappa shape index (κ3) is 3.38. The van der Waals surface area contributed by atoms with Crippen LogP contribution in [0.25, 0.3) is 0 Å². The molecule has 1 unspecified atom stereocenters. The second kappa shape index (κ2) is 6.43. The van der Waals surface area contributed by atoms with Crippen LogP contribution in [0.3, 0.4) is 0 Å². The van der Waals surface area contributed by atoms with Gasteiger partial charge in [-0.2, -0.15) is 0 Å². The molecule has 0 radical (unpaired) electrons. The predicted octanol–water partition coefficient (Wildman–Crippen LogP) is 3.01. The second-order valence-electron chi connectivity index (χ2n) is 4.14. The maximum atomic E-state index is 12.1. The first-order chi connectivity index (χ1) is 9.24. The van der Waals surface area contributed by atoms with Crippen molar-refractivity contribution in [3.63, 3.8) is 0 Å². The minimum Gasteiger partial charge on any atom is -0.347 e. The predicted molar refractivity (Wildman–Crippen MR) is 77.3 cm³/mol. The van der Waals surface area contributed by atoms with Gasteiger partial charge in [-0.3, -0.25) is 4.79 Å². The molecule has 0 aliphatic carbocycles. The largest absolute Gasteiger partial charge is 0.347 e. The molecule has 0 bridgehead atoms. The van der Waals surface area contributed by atoms with Crippen LogP contribution < -0.4 is 5.32 Å². The Morgan fingerprint density at radius 3 is 2.68 bits per heavy atom. The van der Waals surface area contributed by atoms with E-state index in [1.165, 1.54) is 0 Å². The van der Waals surface area contributed by atoms with E-state index < -0.39 is 0 Å². The summed E-state index contributed by atoms with van der Waals surface area (Å²) >= 11 is 1.66. The van der Waals surface area contributed by atoms with Gasteiger partial charge in [0.05, 0.1) is 6.04 Å². The van der Waals surface area contributed by atoms with Gasteiger partial charge in [0.2, 0.25) is 0 Å². The summed E-state index contributed by atoms with van der Waals surface area (Å²) in [5.74, 6) is 0.715. The number of aromatic nitrogens is 2. The van der Waals surface area contributed by atoms with Crippen molar-refractivity contribution in [2.24, 2.45) is 0 Å². The van der Waals surface area contributed by atoms with E-state index in [-0.39, 0.29) is 11.9 Å². The lowest BCUT2D eigenvalue weighted by molar-refractivity contribution is 0.0934. The number of carbonyl (C=O) groups is 1. The van der Waals surface area contributed by atoms with Crippen LogP contribution in [0.15, 0.2) is 41.6 Å². The van der Waals surface area contributed by atoms with Gasteiger partial charge in [0.25, 0.3) is 5.91 Å². The lowest BCUT2D eigenvalue weighted by Crippen LogP contribution is -2.28. The van der Waals surface area contributed by atoms with Crippen molar-refractivity contribution in [2.45, 2.75) is 24.3 Å². The van der Waals surface area contributed by atoms with Crippen molar-refractivity contribution in [1.29, 1.82) is 0 Å². The molecule has 2 aromatic rings. The number of H-pyrrole nitrogens is 1. The summed E-state index contributed by atoms with van der Waals surface area (Å²) in [6, 6.07) is 7.51. The average Bonchev–Trinajstić information content (AvgIpc) is 2.98. The van der Waals surface area contributed by atoms with Crippen molar-refractivity contribution >= 4 is 17.7 Å². The molecule has 1 amide bonds. The molecule has 0 aliphatic rings. The van der Waals surface area contributed by atoms with Crippen LogP contribution in [0, 0.1) is 0 Å². The minimum atomic E-state index is -0.0808. The van der Waals surface area contributed by atoms with Crippen molar-refractivity contribution in [3.05, 3.63) is 48.0 Å². The van der Waals surface area contributed by atoms with E-state index in [4.69, 9.17) is 0 Å². The number of imidazole rings is 1. The quantitative estimate of drug-likeness (QED) is 0.825. The van der Waals surface area contributed by atoms with Crippen LogP contribution in [0.2, 0.25) is 0 Å². The third-order valence-electron chi connectivity index (χ3n) is 2.92. The highest BCUT2D eigenvalue weighted by Crippen LogP contribution is 2.16. The summed E-state index contributed by atoms with van der Waals surface area (Å²) < 4.78 is 0. The molecule has 0 aliphatic heterocycles. The van der Waals surface area contributed by atoms with Crippen molar-refractivity contribution in [1.82, 2.24) is 15.3 Å². The normalized spacial score (nSPS) is 12.1. The molecule has 4 nitrogen and oxygen atoms in total. The van der Waals surface area contributed by atoms with Gasteiger partial charge >= 0.3 is 0 Å². The summed E-state index contributed by atoms with van der Waals surface area (Å²) in [7, 11) is 0. The van der Waals surface area contributed by atoms with Crippen LogP contribution in [-0.4, -0.2) is 22.1 Å². The van der Waals surface area contributed by atoms with Crippen LogP contribution >= 0.6 is 11.8 Å². The summed E-state index contributed by atoms with van der Waals surface area (Å²) in [4.78, 5) is 20.5. The Hall–Kier alpha value is -1.75. The lowest BCUT2D eigenvalue weighted by Gasteiger charge is -2.14. The maximum Gasteiger partial charge on any atom is 0.251 e. The number of nitrogens with one attached hydrogen (secondary N) is 2. The molecular formula is C14H17N3OS. The molecule has 0 saturated carbocycles. The molecule has 1 heterocycles. The molecule has 1 aromatic carbocycles. The van der Waals surface area contributed by atoms with Crippen LogP contribution in [-0.2, 0) is 0 Å². The number of aromatic amines is 1. The fourth-order valence-corrected chi connectivity index (χ4v) is 2.22. The van der Waals surface area contributed by atoms with Crippen LogP contribution in [0.1, 0.15) is 35.6 Å². The fraction of sp³-hybridized carbons (Fsp3) is 0.286. The Morgan fingerprint density at radius 1 is 1.42 bits per heavy atom. The maximum absolute atomic E-state index is 12.1. The highest BCUT2D eigenvalue weighted by Gasteiger charge is 2.15. The topological polar surface area (TPSA) is 57.8 Å². The number of amides is 1. The molecular weight excluding hydrogens is 258 g/mol. The summed E-state index contributed by atoms with van der Waals surface area (Å²) in [5.41, 5.74) is 0.669. The zero-order chi connectivity index (χ0) is 13.7. The highest BCUT2D eigenvalue weighted by atomic mass is 32.2. The van der Waals surface area contributed by atoms with Gasteiger partial charge in [0, 0.05) is 22.9 Å². The summed E-state index contributed by atoms with van der Waals surface area (Å²) in [6.07, 6.45) is 6.26. The molecule has 2 rings (SSSR count). The van der Waals surface area contributed by atoms with Crippen molar-refractivity contribution in [2.75, 3.05) is 6.26 Å². The van der Waals surface area contributed by atoms with Crippen LogP contribution in [0.5, 0.6) is 0 Å².